The van der Waals surface area contributed by atoms with Crippen molar-refractivity contribution in [3.8, 4) is 0 Å². The summed E-state index contributed by atoms with van der Waals surface area (Å²) in [6, 6.07) is 8.82. The normalized spacial score (nSPS) is 10.4. The maximum Gasteiger partial charge on any atom is 0.254 e. The average Bonchev–Trinajstić information content (AvgIpc) is 2.42. The molecule has 0 saturated heterocycles. The summed E-state index contributed by atoms with van der Waals surface area (Å²) in [4.78, 5) is 11.9. The van der Waals surface area contributed by atoms with Crippen molar-refractivity contribution in [1.29, 1.82) is 0 Å². The maximum absolute atomic E-state index is 13.8. The number of hydrogen-bond acceptors (Lipinski definition) is 1. The lowest BCUT2D eigenvalue weighted by atomic mass is 10.1. The third kappa shape index (κ3) is 3.22. The number of carbonyl (C=O) groups excluding carboxylic acids is 1. The number of aryl methyl sites for hydroxylation is 1. The van der Waals surface area contributed by atoms with E-state index in [4.69, 9.17) is 0 Å². The second-order valence-electron chi connectivity index (χ2n) is 4.35. The zero-order valence-electron chi connectivity index (χ0n) is 10.7. The van der Waals surface area contributed by atoms with Crippen molar-refractivity contribution in [2.75, 3.05) is 0 Å². The zero-order valence-corrected chi connectivity index (χ0v) is 12.3. The fourth-order valence-corrected chi connectivity index (χ4v) is 2.16. The zero-order chi connectivity index (χ0) is 14.7. The second kappa shape index (κ2) is 6.13. The van der Waals surface area contributed by atoms with Gasteiger partial charge in [-0.2, -0.15) is 0 Å². The van der Waals surface area contributed by atoms with E-state index in [1.54, 1.807) is 25.1 Å². The van der Waals surface area contributed by atoms with Gasteiger partial charge in [-0.25, -0.2) is 8.78 Å². The third-order valence-electron chi connectivity index (χ3n) is 2.88. The molecule has 1 amide bonds. The Kier molecular flexibility index (Phi) is 4.49. The Labute approximate surface area is 123 Å². The van der Waals surface area contributed by atoms with E-state index in [1.807, 2.05) is 0 Å². The smallest absolute Gasteiger partial charge is 0.254 e. The molecule has 2 aromatic rings. The lowest BCUT2D eigenvalue weighted by Gasteiger charge is -2.09. The molecule has 2 aromatic carbocycles. The highest BCUT2D eigenvalue weighted by molar-refractivity contribution is 9.10. The monoisotopic (exact) mass is 339 g/mol. The summed E-state index contributed by atoms with van der Waals surface area (Å²) in [5.74, 6) is -1.45. The minimum atomic E-state index is -0.539. The fraction of sp³-hybridized carbons (Fsp3) is 0.133. The molecular weight excluding hydrogens is 328 g/mol. The van der Waals surface area contributed by atoms with E-state index >= 15 is 0 Å². The van der Waals surface area contributed by atoms with Crippen molar-refractivity contribution in [1.82, 2.24) is 5.32 Å². The average molecular weight is 340 g/mol. The first-order valence-electron chi connectivity index (χ1n) is 5.96. The topological polar surface area (TPSA) is 29.1 Å². The molecule has 0 radical (unpaired) electrons. The van der Waals surface area contributed by atoms with Gasteiger partial charge in [0.1, 0.15) is 11.6 Å². The standard InChI is InChI=1S/C15H12BrF2NO/c1-9-3-2-4-12(14(9)18)15(20)19-8-10-7-11(17)5-6-13(10)16/h2-7H,8H2,1H3,(H,19,20). The van der Waals surface area contributed by atoms with Gasteiger partial charge in [0.2, 0.25) is 0 Å². The molecule has 2 rings (SSSR count). The number of rotatable bonds is 3. The summed E-state index contributed by atoms with van der Waals surface area (Å²) >= 11 is 3.27. The van der Waals surface area contributed by atoms with Crippen LogP contribution in [0.4, 0.5) is 8.78 Å². The van der Waals surface area contributed by atoms with Gasteiger partial charge in [-0.15, -0.1) is 0 Å². The molecule has 0 bridgehead atoms. The first-order valence-corrected chi connectivity index (χ1v) is 6.75. The minimum absolute atomic E-state index is 0.0162. The van der Waals surface area contributed by atoms with E-state index in [2.05, 4.69) is 21.2 Å². The van der Waals surface area contributed by atoms with E-state index < -0.39 is 11.7 Å². The van der Waals surface area contributed by atoms with E-state index in [1.165, 1.54) is 18.2 Å². The highest BCUT2D eigenvalue weighted by Crippen LogP contribution is 2.18. The summed E-state index contributed by atoms with van der Waals surface area (Å²) in [5, 5.41) is 2.58. The first kappa shape index (κ1) is 14.7. The van der Waals surface area contributed by atoms with Crippen molar-refractivity contribution in [2.24, 2.45) is 0 Å². The number of amides is 1. The van der Waals surface area contributed by atoms with E-state index in [0.717, 1.165) is 0 Å². The molecular formula is C15H12BrF2NO. The Morgan fingerprint density at radius 1 is 1.25 bits per heavy atom. The largest absolute Gasteiger partial charge is 0.348 e. The minimum Gasteiger partial charge on any atom is -0.348 e. The van der Waals surface area contributed by atoms with Crippen molar-refractivity contribution in [3.63, 3.8) is 0 Å². The molecule has 0 aliphatic heterocycles. The van der Waals surface area contributed by atoms with Crippen LogP contribution < -0.4 is 5.32 Å². The van der Waals surface area contributed by atoms with Crippen LogP contribution >= 0.6 is 15.9 Å². The summed E-state index contributed by atoms with van der Waals surface area (Å²) in [5.41, 5.74) is 0.980. The van der Waals surface area contributed by atoms with Crippen LogP contribution in [-0.4, -0.2) is 5.91 Å². The van der Waals surface area contributed by atoms with Gasteiger partial charge in [-0.3, -0.25) is 4.79 Å². The van der Waals surface area contributed by atoms with E-state index in [0.29, 0.717) is 15.6 Å². The quantitative estimate of drug-likeness (QED) is 0.900. The highest BCUT2D eigenvalue weighted by Gasteiger charge is 2.13. The van der Waals surface area contributed by atoms with Crippen molar-refractivity contribution < 1.29 is 13.6 Å². The molecule has 0 spiro atoms. The Balaban J connectivity index is 2.13. The van der Waals surface area contributed by atoms with Crippen molar-refractivity contribution in [3.05, 3.63) is 69.2 Å². The van der Waals surface area contributed by atoms with Gasteiger partial charge in [0.15, 0.2) is 0 Å². The number of hydrogen-bond donors (Lipinski definition) is 1. The molecule has 0 aromatic heterocycles. The number of benzene rings is 2. The second-order valence-corrected chi connectivity index (χ2v) is 5.21. The van der Waals surface area contributed by atoms with Crippen LogP contribution in [0.25, 0.3) is 0 Å². The van der Waals surface area contributed by atoms with Crippen molar-refractivity contribution in [2.45, 2.75) is 13.5 Å². The van der Waals surface area contributed by atoms with Gasteiger partial charge in [0.25, 0.3) is 5.91 Å². The SMILES string of the molecule is Cc1cccc(C(=O)NCc2cc(F)ccc2Br)c1F. The van der Waals surface area contributed by atoms with Gasteiger partial charge in [0.05, 0.1) is 5.56 Å². The highest BCUT2D eigenvalue weighted by atomic mass is 79.9. The molecule has 0 fully saturated rings. The summed E-state index contributed by atoms with van der Waals surface area (Å²) in [7, 11) is 0. The number of carbonyl (C=O) groups is 1. The van der Waals surface area contributed by atoms with Crippen LogP contribution in [-0.2, 0) is 6.54 Å². The summed E-state index contributed by atoms with van der Waals surface area (Å²) in [6.45, 7) is 1.71. The third-order valence-corrected chi connectivity index (χ3v) is 3.66. The molecule has 5 heteroatoms. The predicted molar refractivity (Wildman–Crippen MR) is 76.4 cm³/mol. The molecule has 2 nitrogen and oxygen atoms in total. The number of halogens is 3. The molecule has 20 heavy (non-hydrogen) atoms. The van der Waals surface area contributed by atoms with E-state index in [9.17, 15) is 13.6 Å². The fourth-order valence-electron chi connectivity index (χ4n) is 1.77. The van der Waals surface area contributed by atoms with Crippen LogP contribution in [0, 0.1) is 18.6 Å². The summed E-state index contributed by atoms with van der Waals surface area (Å²) < 4.78 is 27.6. The number of nitrogens with one attached hydrogen (secondary N) is 1. The van der Waals surface area contributed by atoms with E-state index in [-0.39, 0.29) is 17.9 Å². The molecule has 0 saturated carbocycles. The Morgan fingerprint density at radius 3 is 2.75 bits per heavy atom. The van der Waals surface area contributed by atoms with Crippen LogP contribution in [0.15, 0.2) is 40.9 Å². The van der Waals surface area contributed by atoms with Gasteiger partial charge in [-0.05, 0) is 42.3 Å². The van der Waals surface area contributed by atoms with Crippen LogP contribution in [0.1, 0.15) is 21.5 Å². The molecule has 0 unspecified atom stereocenters. The first-order chi connectivity index (χ1) is 9.49. The van der Waals surface area contributed by atoms with Crippen LogP contribution in [0.5, 0.6) is 0 Å². The van der Waals surface area contributed by atoms with Crippen LogP contribution in [0.2, 0.25) is 0 Å². The van der Waals surface area contributed by atoms with Crippen molar-refractivity contribution >= 4 is 21.8 Å². The maximum atomic E-state index is 13.8. The molecule has 0 aliphatic rings. The van der Waals surface area contributed by atoms with Gasteiger partial charge < -0.3 is 5.32 Å². The van der Waals surface area contributed by atoms with Gasteiger partial charge >= 0.3 is 0 Å². The predicted octanol–water partition coefficient (Wildman–Crippen LogP) is 3.97. The Morgan fingerprint density at radius 2 is 2.00 bits per heavy atom. The molecule has 1 N–H and O–H groups in total. The Hall–Kier alpha value is -1.75. The van der Waals surface area contributed by atoms with Crippen LogP contribution in [0.3, 0.4) is 0 Å². The van der Waals surface area contributed by atoms with Gasteiger partial charge in [0, 0.05) is 11.0 Å². The molecule has 104 valence electrons. The lowest BCUT2D eigenvalue weighted by molar-refractivity contribution is 0.0946. The summed E-state index contributed by atoms with van der Waals surface area (Å²) in [6.07, 6.45) is 0. The Bertz CT molecular complexity index is 658. The molecule has 0 heterocycles. The molecule has 0 aliphatic carbocycles. The van der Waals surface area contributed by atoms with Gasteiger partial charge in [-0.1, -0.05) is 28.1 Å². The lowest BCUT2D eigenvalue weighted by Crippen LogP contribution is -2.24. The molecule has 0 atom stereocenters.